The van der Waals surface area contributed by atoms with Gasteiger partial charge in [-0.3, -0.25) is 0 Å². The van der Waals surface area contributed by atoms with Crippen molar-refractivity contribution in [1.82, 2.24) is 9.97 Å². The van der Waals surface area contributed by atoms with Crippen molar-refractivity contribution < 1.29 is 9.15 Å². The molecule has 2 unspecified atom stereocenters. The van der Waals surface area contributed by atoms with Crippen LogP contribution < -0.4 is 4.74 Å². The third-order valence-corrected chi connectivity index (χ3v) is 10.2. The SMILES string of the molecule is CC1(C)c2cc(-c3ccc(-c4cc(-c5ccccc5)nc(-c5ccccc5)n4)cc3)ccc2OC2(C)c3oc4ccccc4c3C=CC12. The van der Waals surface area contributed by atoms with Gasteiger partial charge in [0.15, 0.2) is 17.2 Å². The Morgan fingerprint density at radius 1 is 0.583 bits per heavy atom. The molecular weight excluding hydrogens is 588 g/mol. The summed E-state index contributed by atoms with van der Waals surface area (Å²) in [5, 5.41) is 1.13. The van der Waals surface area contributed by atoms with Gasteiger partial charge in [-0.1, -0.05) is 135 Å². The Balaban J connectivity index is 1.07. The van der Waals surface area contributed by atoms with Gasteiger partial charge in [-0.15, -0.1) is 0 Å². The molecule has 1 aliphatic heterocycles. The van der Waals surface area contributed by atoms with Crippen molar-refractivity contribution in [3.63, 3.8) is 0 Å². The van der Waals surface area contributed by atoms with Gasteiger partial charge in [-0.05, 0) is 42.3 Å². The largest absolute Gasteiger partial charge is 0.479 e. The smallest absolute Gasteiger partial charge is 0.171 e. The average molecular weight is 623 g/mol. The average Bonchev–Trinajstić information content (AvgIpc) is 3.52. The maximum atomic E-state index is 6.92. The van der Waals surface area contributed by atoms with Crippen molar-refractivity contribution in [3.8, 4) is 50.8 Å². The number of furan rings is 1. The lowest BCUT2D eigenvalue weighted by Crippen LogP contribution is -2.51. The van der Waals surface area contributed by atoms with Crippen molar-refractivity contribution in [2.45, 2.75) is 31.8 Å². The fourth-order valence-electron chi connectivity index (χ4n) is 7.76. The number of fused-ring (bicyclic) bond motifs is 6. The molecule has 0 spiro atoms. The molecule has 4 nitrogen and oxygen atoms in total. The molecule has 3 heterocycles. The molecule has 232 valence electrons. The molecular formula is C44H34N2O2. The van der Waals surface area contributed by atoms with Crippen LogP contribution in [0, 0.1) is 5.92 Å². The molecule has 0 fully saturated rings. The summed E-state index contributed by atoms with van der Waals surface area (Å²) in [6.45, 7) is 6.83. The third kappa shape index (κ3) is 4.44. The number of ether oxygens (including phenoxy) is 1. The summed E-state index contributed by atoms with van der Waals surface area (Å²) in [5.41, 5.74) is 9.60. The summed E-state index contributed by atoms with van der Waals surface area (Å²) in [6.07, 6.45) is 4.55. The minimum atomic E-state index is -0.614. The Kier molecular flexibility index (Phi) is 6.32. The molecule has 0 N–H and O–H groups in total. The number of hydrogen-bond acceptors (Lipinski definition) is 4. The molecule has 0 saturated carbocycles. The zero-order valence-corrected chi connectivity index (χ0v) is 27.1. The molecule has 9 rings (SSSR count). The van der Waals surface area contributed by atoms with E-state index in [9.17, 15) is 0 Å². The minimum Gasteiger partial charge on any atom is -0.479 e. The van der Waals surface area contributed by atoms with E-state index in [4.69, 9.17) is 19.1 Å². The summed E-state index contributed by atoms with van der Waals surface area (Å²) in [4.78, 5) is 9.95. The zero-order chi connectivity index (χ0) is 32.5. The van der Waals surface area contributed by atoms with Gasteiger partial charge in [0.25, 0.3) is 0 Å². The van der Waals surface area contributed by atoms with Gasteiger partial charge in [0.2, 0.25) is 0 Å². The lowest BCUT2D eigenvalue weighted by molar-refractivity contribution is -0.0280. The number of benzene rings is 5. The maximum absolute atomic E-state index is 6.92. The fourth-order valence-corrected chi connectivity index (χ4v) is 7.76. The number of rotatable bonds is 4. The van der Waals surface area contributed by atoms with E-state index in [1.54, 1.807) is 0 Å². The predicted molar refractivity (Wildman–Crippen MR) is 194 cm³/mol. The Morgan fingerprint density at radius 3 is 1.92 bits per heavy atom. The van der Waals surface area contributed by atoms with Crippen molar-refractivity contribution in [3.05, 3.63) is 156 Å². The molecule has 1 aliphatic carbocycles. The van der Waals surface area contributed by atoms with Crippen LogP contribution in [0.1, 0.15) is 37.7 Å². The molecule has 7 aromatic rings. The van der Waals surface area contributed by atoms with Crippen LogP contribution in [0.5, 0.6) is 5.75 Å². The van der Waals surface area contributed by atoms with Gasteiger partial charge in [0, 0.05) is 44.5 Å². The molecule has 0 saturated heterocycles. The number of nitrogens with zero attached hydrogens (tertiary/aromatic N) is 2. The minimum absolute atomic E-state index is 0.0959. The Hall–Kier alpha value is -5.74. The second-order valence-electron chi connectivity index (χ2n) is 13.6. The highest BCUT2D eigenvalue weighted by molar-refractivity contribution is 5.90. The van der Waals surface area contributed by atoms with Gasteiger partial charge < -0.3 is 9.15 Å². The molecule has 0 radical (unpaired) electrons. The zero-order valence-electron chi connectivity index (χ0n) is 27.1. The summed E-state index contributed by atoms with van der Waals surface area (Å²) >= 11 is 0. The van der Waals surface area contributed by atoms with Crippen molar-refractivity contribution in [2.75, 3.05) is 0 Å². The first kappa shape index (κ1) is 28.5. The second kappa shape index (κ2) is 10.6. The van der Waals surface area contributed by atoms with Crippen LogP contribution in [0.2, 0.25) is 0 Å². The van der Waals surface area contributed by atoms with Gasteiger partial charge in [-0.2, -0.15) is 0 Å². The van der Waals surface area contributed by atoms with Crippen molar-refractivity contribution >= 4 is 17.0 Å². The number of para-hydroxylation sites is 1. The van der Waals surface area contributed by atoms with Crippen LogP contribution in [-0.4, -0.2) is 9.97 Å². The third-order valence-electron chi connectivity index (χ3n) is 10.2. The standard InChI is InChI=1S/C44H34N2O2/c1-43(2)35-26-32(22-24-39(35)48-44(3)40(43)25-23-34-33-16-10-11-17-38(33)47-41(34)44)28-18-20-30(21-19-28)37-27-36(29-12-6-4-7-13-29)45-42(46-37)31-14-8-5-9-15-31/h4-27,40H,1-3H3. The summed E-state index contributed by atoms with van der Waals surface area (Å²) < 4.78 is 13.4. The molecule has 48 heavy (non-hydrogen) atoms. The van der Waals surface area contributed by atoms with Crippen LogP contribution in [0.4, 0.5) is 0 Å². The monoisotopic (exact) mass is 622 g/mol. The van der Waals surface area contributed by atoms with E-state index in [1.807, 2.05) is 48.5 Å². The van der Waals surface area contributed by atoms with Gasteiger partial charge in [0.05, 0.1) is 11.4 Å². The van der Waals surface area contributed by atoms with Crippen LogP contribution >= 0.6 is 0 Å². The van der Waals surface area contributed by atoms with Crippen molar-refractivity contribution in [2.24, 2.45) is 5.92 Å². The summed E-state index contributed by atoms with van der Waals surface area (Å²) in [7, 11) is 0. The molecule has 2 atom stereocenters. The van der Waals surface area contributed by atoms with Gasteiger partial charge >= 0.3 is 0 Å². The van der Waals surface area contributed by atoms with E-state index in [-0.39, 0.29) is 11.3 Å². The first-order chi connectivity index (χ1) is 23.4. The molecule has 0 bridgehead atoms. The van der Waals surface area contributed by atoms with Gasteiger partial charge in [-0.25, -0.2) is 9.97 Å². The highest BCUT2D eigenvalue weighted by Crippen LogP contribution is 2.57. The first-order valence-electron chi connectivity index (χ1n) is 16.5. The normalized spacial score (nSPS) is 18.9. The summed E-state index contributed by atoms with van der Waals surface area (Å²) in [6, 6.07) is 46.1. The van der Waals surface area contributed by atoms with Crippen LogP contribution in [-0.2, 0) is 11.0 Å². The Morgan fingerprint density at radius 2 is 1.19 bits per heavy atom. The van der Waals surface area contributed by atoms with E-state index in [2.05, 4.69) is 118 Å². The Bertz CT molecular complexity index is 2300. The molecule has 4 heteroatoms. The fraction of sp³-hybridized carbons (Fsp3) is 0.136. The van der Waals surface area contributed by atoms with E-state index >= 15 is 0 Å². The Labute approximate surface area is 280 Å². The molecule has 5 aromatic carbocycles. The van der Waals surface area contributed by atoms with E-state index in [0.717, 1.165) is 67.2 Å². The topological polar surface area (TPSA) is 48.2 Å². The van der Waals surface area contributed by atoms with Crippen LogP contribution in [0.3, 0.4) is 0 Å². The molecule has 0 amide bonds. The van der Waals surface area contributed by atoms with E-state index in [0.29, 0.717) is 5.82 Å². The highest BCUT2D eigenvalue weighted by atomic mass is 16.5. The van der Waals surface area contributed by atoms with E-state index in [1.165, 1.54) is 5.56 Å². The molecule has 2 aliphatic rings. The number of aromatic nitrogens is 2. The second-order valence-corrected chi connectivity index (χ2v) is 13.6. The highest BCUT2D eigenvalue weighted by Gasteiger charge is 2.55. The van der Waals surface area contributed by atoms with Crippen molar-refractivity contribution in [1.29, 1.82) is 0 Å². The quantitative estimate of drug-likeness (QED) is 0.196. The lowest BCUT2D eigenvalue weighted by atomic mass is 9.61. The number of hydrogen-bond donors (Lipinski definition) is 0. The van der Waals surface area contributed by atoms with Gasteiger partial charge in [0.1, 0.15) is 11.3 Å². The predicted octanol–water partition coefficient (Wildman–Crippen LogP) is 11.1. The van der Waals surface area contributed by atoms with Crippen LogP contribution in [0.25, 0.3) is 62.1 Å². The lowest BCUT2D eigenvalue weighted by Gasteiger charge is -2.50. The van der Waals surface area contributed by atoms with E-state index < -0.39 is 5.60 Å². The first-order valence-corrected chi connectivity index (χ1v) is 16.5. The maximum Gasteiger partial charge on any atom is 0.171 e. The summed E-state index contributed by atoms with van der Waals surface area (Å²) in [5.74, 6) is 2.62. The molecule has 2 aromatic heterocycles. The van der Waals surface area contributed by atoms with Crippen LogP contribution in [0.15, 0.2) is 144 Å².